The third-order valence-corrected chi connectivity index (χ3v) is 7.60. The molecule has 2 saturated carbocycles. The van der Waals surface area contributed by atoms with Gasteiger partial charge < -0.3 is 5.32 Å². The number of benzene rings is 1. The monoisotopic (exact) mass is 416 g/mol. The van der Waals surface area contributed by atoms with Crippen LogP contribution in [0.4, 0.5) is 0 Å². The van der Waals surface area contributed by atoms with Gasteiger partial charge in [-0.15, -0.1) is 0 Å². The van der Waals surface area contributed by atoms with Crippen LogP contribution in [0.3, 0.4) is 0 Å². The van der Waals surface area contributed by atoms with Gasteiger partial charge in [0.15, 0.2) is 0 Å². The molecule has 4 rings (SSSR count). The highest BCUT2D eigenvalue weighted by atomic mass is 35.5. The molecule has 28 heavy (non-hydrogen) atoms. The summed E-state index contributed by atoms with van der Waals surface area (Å²) in [7, 11) is -1.22. The van der Waals surface area contributed by atoms with Crippen LogP contribution in [0.25, 0.3) is 5.69 Å². The van der Waals surface area contributed by atoms with Crippen LogP contribution in [0.2, 0.25) is 5.02 Å². The minimum Gasteiger partial charge on any atom is -0.338 e. The first kappa shape index (κ1) is 19.2. The molecule has 8 heteroatoms. The summed E-state index contributed by atoms with van der Waals surface area (Å²) in [6.45, 7) is 0. The molecule has 2 aromatic rings. The Morgan fingerprint density at radius 1 is 1.43 bits per heavy atom. The van der Waals surface area contributed by atoms with E-state index < -0.39 is 16.3 Å². The van der Waals surface area contributed by atoms with Crippen LogP contribution in [-0.2, 0) is 15.6 Å². The smallest absolute Gasteiger partial charge is 0.224 e. The van der Waals surface area contributed by atoms with Gasteiger partial charge in [-0.1, -0.05) is 11.6 Å². The number of halogens is 1. The van der Waals surface area contributed by atoms with Gasteiger partial charge in [0.05, 0.1) is 32.5 Å². The molecule has 0 bridgehead atoms. The first-order chi connectivity index (χ1) is 13.5. The van der Waals surface area contributed by atoms with E-state index in [2.05, 4.69) is 16.5 Å². The highest BCUT2D eigenvalue weighted by molar-refractivity contribution is 7.85. The molecule has 1 amide bonds. The first-order valence-electron chi connectivity index (χ1n) is 9.41. The van der Waals surface area contributed by atoms with Crippen molar-refractivity contribution in [1.82, 2.24) is 15.1 Å². The lowest BCUT2D eigenvalue weighted by Gasteiger charge is -2.15. The van der Waals surface area contributed by atoms with E-state index in [1.54, 1.807) is 23.0 Å². The largest absolute Gasteiger partial charge is 0.338 e. The predicted molar refractivity (Wildman–Crippen MR) is 106 cm³/mol. The number of rotatable bonds is 6. The topological polar surface area (TPSA) is 87.8 Å². The summed E-state index contributed by atoms with van der Waals surface area (Å²) in [5.41, 5.74) is 0.196. The van der Waals surface area contributed by atoms with E-state index in [0.717, 1.165) is 31.4 Å². The maximum atomic E-state index is 12.8. The highest BCUT2D eigenvalue weighted by Gasteiger charge is 2.46. The van der Waals surface area contributed by atoms with Crippen molar-refractivity contribution in [2.24, 2.45) is 11.8 Å². The molecule has 1 aromatic carbocycles. The fourth-order valence-electron chi connectivity index (χ4n) is 3.73. The number of hydrogen-bond acceptors (Lipinski definition) is 4. The Labute approximate surface area is 171 Å². The Morgan fingerprint density at radius 2 is 2.25 bits per heavy atom. The van der Waals surface area contributed by atoms with Crippen molar-refractivity contribution in [3.8, 4) is 11.8 Å². The van der Waals surface area contributed by atoms with E-state index in [4.69, 9.17) is 16.9 Å². The number of nitriles is 1. The van der Waals surface area contributed by atoms with E-state index in [0.29, 0.717) is 22.1 Å². The lowest BCUT2D eigenvalue weighted by molar-refractivity contribution is -0.125. The molecular weight excluding hydrogens is 396 g/mol. The summed E-state index contributed by atoms with van der Waals surface area (Å²) in [6.07, 6.45) is 7.35. The number of carbonyl (C=O) groups excluding carboxylic acids is 1. The number of hydrogen-bond donors (Lipinski definition) is 1. The van der Waals surface area contributed by atoms with Gasteiger partial charge in [0.2, 0.25) is 5.91 Å². The van der Waals surface area contributed by atoms with Crippen LogP contribution in [0.5, 0.6) is 0 Å². The van der Waals surface area contributed by atoms with Crippen molar-refractivity contribution in [3.05, 3.63) is 41.7 Å². The molecule has 0 spiro atoms. The van der Waals surface area contributed by atoms with Gasteiger partial charge in [-0.25, -0.2) is 4.68 Å². The molecular formula is C20H21ClN4O2S. The molecule has 1 N–H and O–H groups in total. The van der Waals surface area contributed by atoms with Crippen molar-refractivity contribution in [2.45, 2.75) is 42.5 Å². The van der Waals surface area contributed by atoms with E-state index in [-0.39, 0.29) is 17.7 Å². The van der Waals surface area contributed by atoms with Gasteiger partial charge in [0, 0.05) is 24.1 Å². The average molecular weight is 417 g/mol. The molecule has 3 unspecified atom stereocenters. The molecule has 3 atom stereocenters. The summed E-state index contributed by atoms with van der Waals surface area (Å²) in [5.74, 6) is 0.587. The molecule has 146 valence electrons. The quantitative estimate of drug-likeness (QED) is 0.783. The van der Waals surface area contributed by atoms with Gasteiger partial charge in [0.1, 0.15) is 5.54 Å². The van der Waals surface area contributed by atoms with Crippen LogP contribution in [-0.4, -0.2) is 31.2 Å². The molecule has 2 fully saturated rings. The van der Waals surface area contributed by atoms with Crippen molar-refractivity contribution in [2.75, 3.05) is 5.75 Å². The summed E-state index contributed by atoms with van der Waals surface area (Å²) < 4.78 is 14.5. The predicted octanol–water partition coefficient (Wildman–Crippen LogP) is 3.22. The molecule has 6 nitrogen and oxygen atoms in total. The second-order valence-corrected chi connectivity index (χ2v) is 9.51. The van der Waals surface area contributed by atoms with E-state index in [9.17, 15) is 9.00 Å². The maximum absolute atomic E-state index is 12.8. The standard InChI is InChI=1S/C20H21ClN4O2S/c21-17-11-16(25-9-1-8-23-25)4-5-18(17)28(27)12-14-2-3-15(10-14)19(26)24-20(13-22)6-7-20/h1,4-5,8-9,11,14-15H,2-3,6-7,10,12H2,(H,24,26). The third-order valence-electron chi connectivity index (χ3n) is 5.56. The van der Waals surface area contributed by atoms with E-state index in [1.165, 1.54) is 0 Å². The van der Waals surface area contributed by atoms with Crippen LogP contribution >= 0.6 is 11.6 Å². The maximum Gasteiger partial charge on any atom is 0.224 e. The van der Waals surface area contributed by atoms with Crippen LogP contribution in [0.1, 0.15) is 32.1 Å². The van der Waals surface area contributed by atoms with Crippen molar-refractivity contribution >= 4 is 28.3 Å². The fourth-order valence-corrected chi connectivity index (χ4v) is 5.57. The highest BCUT2D eigenvalue weighted by Crippen LogP contribution is 2.37. The minimum absolute atomic E-state index is 0.0334. The van der Waals surface area contributed by atoms with Gasteiger partial charge in [-0.3, -0.25) is 9.00 Å². The molecule has 0 saturated heterocycles. The summed E-state index contributed by atoms with van der Waals surface area (Å²) >= 11 is 6.37. The zero-order valence-electron chi connectivity index (χ0n) is 15.3. The molecule has 1 heterocycles. The fraction of sp³-hybridized carbons (Fsp3) is 0.450. The zero-order chi connectivity index (χ0) is 19.7. The lowest BCUT2D eigenvalue weighted by atomic mass is 10.0. The summed E-state index contributed by atoms with van der Waals surface area (Å²) in [5, 5.41) is 16.6. The van der Waals surface area contributed by atoms with Gasteiger partial charge in [-0.2, -0.15) is 10.4 Å². The summed E-state index contributed by atoms with van der Waals surface area (Å²) in [4.78, 5) is 13.0. The number of amides is 1. The number of nitrogens with zero attached hydrogens (tertiary/aromatic N) is 3. The Kier molecular flexibility index (Phi) is 5.26. The van der Waals surface area contributed by atoms with Crippen molar-refractivity contribution in [1.29, 1.82) is 5.26 Å². The normalized spacial score (nSPS) is 23.7. The van der Waals surface area contributed by atoms with Crippen LogP contribution in [0.15, 0.2) is 41.6 Å². The van der Waals surface area contributed by atoms with Gasteiger partial charge in [0.25, 0.3) is 0 Å². The molecule has 2 aliphatic rings. The van der Waals surface area contributed by atoms with Crippen LogP contribution < -0.4 is 5.32 Å². The molecule has 1 aromatic heterocycles. The molecule has 2 aliphatic carbocycles. The Balaban J connectivity index is 1.35. The average Bonchev–Trinajstić information content (AvgIpc) is 3.09. The number of carbonyl (C=O) groups is 1. The van der Waals surface area contributed by atoms with E-state index >= 15 is 0 Å². The van der Waals surface area contributed by atoms with Crippen molar-refractivity contribution in [3.63, 3.8) is 0 Å². The second-order valence-electron chi connectivity index (χ2n) is 7.64. The van der Waals surface area contributed by atoms with E-state index in [1.807, 2.05) is 18.3 Å². The number of aromatic nitrogens is 2. The third kappa shape index (κ3) is 3.98. The second kappa shape index (κ2) is 7.69. The first-order valence-corrected chi connectivity index (χ1v) is 11.1. The summed E-state index contributed by atoms with van der Waals surface area (Å²) in [6, 6.07) is 9.43. The van der Waals surface area contributed by atoms with Crippen LogP contribution in [0, 0.1) is 23.2 Å². The van der Waals surface area contributed by atoms with Gasteiger partial charge in [-0.05, 0) is 62.3 Å². The van der Waals surface area contributed by atoms with Gasteiger partial charge >= 0.3 is 0 Å². The Hall–Kier alpha value is -2.17. The zero-order valence-corrected chi connectivity index (χ0v) is 16.9. The Morgan fingerprint density at radius 3 is 2.89 bits per heavy atom. The molecule has 0 aliphatic heterocycles. The lowest BCUT2D eigenvalue weighted by Crippen LogP contribution is -2.39. The van der Waals surface area contributed by atoms with Crippen molar-refractivity contribution < 1.29 is 9.00 Å². The molecule has 0 radical (unpaired) electrons. The minimum atomic E-state index is -1.22. The number of nitrogens with one attached hydrogen (secondary N) is 1. The SMILES string of the molecule is N#CC1(NC(=O)C2CCC(CS(=O)c3ccc(-n4cccn4)cc3Cl)C2)CC1. The Bertz CT molecular complexity index is 950.